The summed E-state index contributed by atoms with van der Waals surface area (Å²) < 4.78 is 10.6. The van der Waals surface area contributed by atoms with Gasteiger partial charge in [0.2, 0.25) is 5.89 Å². The lowest BCUT2D eigenvalue weighted by atomic mass is 10.2. The summed E-state index contributed by atoms with van der Waals surface area (Å²) in [7, 11) is 0. The van der Waals surface area contributed by atoms with E-state index < -0.39 is 21.1 Å². The molecule has 30 heavy (non-hydrogen) atoms. The standard InChI is InChI=1S/C18H14N4O7S/c1-11(30-15-8-6-14(7-9-15)22(26)27)18(23)28-10-16-19-20-17(29-16)12-2-4-13(5-3-12)21(24)25/h2-9,11H,10H2,1H3. The molecular formula is C18H14N4O7S. The van der Waals surface area contributed by atoms with Crippen LogP contribution in [-0.2, 0) is 16.1 Å². The van der Waals surface area contributed by atoms with E-state index >= 15 is 0 Å². The second kappa shape index (κ2) is 9.13. The van der Waals surface area contributed by atoms with Crippen LogP contribution in [0.25, 0.3) is 11.5 Å². The van der Waals surface area contributed by atoms with Crippen LogP contribution in [0.4, 0.5) is 11.4 Å². The zero-order valence-electron chi connectivity index (χ0n) is 15.5. The van der Waals surface area contributed by atoms with Crippen molar-refractivity contribution in [2.75, 3.05) is 0 Å². The largest absolute Gasteiger partial charge is 0.455 e. The SMILES string of the molecule is CC(Sc1ccc([N+](=O)[O-])cc1)C(=O)OCc1nnc(-c2ccc([N+](=O)[O-])cc2)o1. The first kappa shape index (κ1) is 20.9. The number of nitrogens with zero attached hydrogens (tertiary/aromatic N) is 4. The second-order valence-electron chi connectivity index (χ2n) is 5.92. The lowest BCUT2D eigenvalue weighted by molar-refractivity contribution is -0.385. The predicted octanol–water partition coefficient (Wildman–Crippen LogP) is 3.78. The van der Waals surface area contributed by atoms with Gasteiger partial charge in [0, 0.05) is 34.7 Å². The van der Waals surface area contributed by atoms with Crippen LogP contribution in [0.15, 0.2) is 57.8 Å². The van der Waals surface area contributed by atoms with Crippen molar-refractivity contribution in [3.63, 3.8) is 0 Å². The van der Waals surface area contributed by atoms with Crippen LogP contribution >= 0.6 is 11.8 Å². The molecule has 0 fully saturated rings. The summed E-state index contributed by atoms with van der Waals surface area (Å²) in [6.07, 6.45) is 0. The van der Waals surface area contributed by atoms with E-state index in [2.05, 4.69) is 10.2 Å². The smallest absolute Gasteiger partial charge is 0.319 e. The van der Waals surface area contributed by atoms with Crippen LogP contribution in [0.1, 0.15) is 12.8 Å². The molecule has 0 aliphatic carbocycles. The monoisotopic (exact) mass is 430 g/mol. The molecule has 0 N–H and O–H groups in total. The Hall–Kier alpha value is -3.80. The number of rotatable bonds is 8. The highest BCUT2D eigenvalue weighted by molar-refractivity contribution is 8.00. The van der Waals surface area contributed by atoms with Gasteiger partial charge < -0.3 is 9.15 Å². The third-order valence-corrected chi connectivity index (χ3v) is 4.91. The first-order valence-corrected chi connectivity index (χ1v) is 9.36. The van der Waals surface area contributed by atoms with Gasteiger partial charge in [-0.25, -0.2) is 0 Å². The van der Waals surface area contributed by atoms with Gasteiger partial charge >= 0.3 is 5.97 Å². The van der Waals surface area contributed by atoms with Gasteiger partial charge in [-0.15, -0.1) is 22.0 Å². The Morgan fingerprint density at radius 3 is 2.17 bits per heavy atom. The number of carbonyl (C=O) groups excluding carboxylic acids is 1. The van der Waals surface area contributed by atoms with Gasteiger partial charge in [-0.3, -0.25) is 25.0 Å². The molecule has 1 aromatic heterocycles. The van der Waals surface area contributed by atoms with Crippen molar-refractivity contribution in [2.45, 2.75) is 23.7 Å². The number of benzene rings is 2. The van der Waals surface area contributed by atoms with E-state index in [-0.39, 0.29) is 29.8 Å². The van der Waals surface area contributed by atoms with Crippen LogP contribution in [0.2, 0.25) is 0 Å². The summed E-state index contributed by atoms with van der Waals surface area (Å²) in [5.41, 5.74) is 0.398. The van der Waals surface area contributed by atoms with Gasteiger partial charge in [0.05, 0.1) is 9.85 Å². The minimum absolute atomic E-state index is 0.0326. The van der Waals surface area contributed by atoms with E-state index in [1.807, 2.05) is 0 Å². The molecule has 2 aromatic carbocycles. The zero-order chi connectivity index (χ0) is 21.7. The Balaban J connectivity index is 1.54. The van der Waals surface area contributed by atoms with E-state index in [0.717, 1.165) is 0 Å². The van der Waals surface area contributed by atoms with Gasteiger partial charge in [-0.2, -0.15) is 0 Å². The molecule has 0 saturated carbocycles. The zero-order valence-corrected chi connectivity index (χ0v) is 16.3. The first-order chi connectivity index (χ1) is 14.3. The minimum atomic E-state index is -0.566. The number of nitro groups is 2. The number of hydrogen-bond acceptors (Lipinski definition) is 10. The van der Waals surface area contributed by atoms with Crippen molar-refractivity contribution < 1.29 is 23.8 Å². The van der Waals surface area contributed by atoms with Crippen molar-refractivity contribution in [2.24, 2.45) is 0 Å². The summed E-state index contributed by atoms with van der Waals surface area (Å²) in [6, 6.07) is 11.4. The van der Waals surface area contributed by atoms with Gasteiger partial charge in [0.15, 0.2) is 6.61 Å². The van der Waals surface area contributed by atoms with Crippen molar-refractivity contribution >= 4 is 29.1 Å². The van der Waals surface area contributed by atoms with E-state index in [9.17, 15) is 25.0 Å². The third-order valence-electron chi connectivity index (χ3n) is 3.82. The molecule has 0 radical (unpaired) electrons. The normalized spacial score (nSPS) is 11.6. The Morgan fingerprint density at radius 2 is 1.60 bits per heavy atom. The lowest BCUT2D eigenvalue weighted by Crippen LogP contribution is -2.16. The maximum Gasteiger partial charge on any atom is 0.319 e. The van der Waals surface area contributed by atoms with Gasteiger partial charge in [-0.05, 0) is 31.2 Å². The molecule has 3 rings (SSSR count). The number of ether oxygens (including phenoxy) is 1. The number of aromatic nitrogens is 2. The Morgan fingerprint density at radius 1 is 1.03 bits per heavy atom. The number of esters is 1. The molecule has 0 saturated heterocycles. The molecule has 0 amide bonds. The molecule has 1 unspecified atom stereocenters. The third kappa shape index (κ3) is 5.17. The summed E-state index contributed by atoms with van der Waals surface area (Å²) in [5.74, 6) is -0.304. The molecule has 0 bridgehead atoms. The molecule has 0 aliphatic heterocycles. The van der Waals surface area contributed by atoms with Gasteiger partial charge in [0.1, 0.15) is 5.25 Å². The fourth-order valence-electron chi connectivity index (χ4n) is 2.30. The average molecular weight is 430 g/mol. The quantitative estimate of drug-likeness (QED) is 0.223. The molecule has 11 nitrogen and oxygen atoms in total. The highest BCUT2D eigenvalue weighted by Gasteiger charge is 2.18. The Labute approximate surface area is 173 Å². The summed E-state index contributed by atoms with van der Waals surface area (Å²) >= 11 is 1.19. The van der Waals surface area contributed by atoms with Crippen LogP contribution in [0.3, 0.4) is 0 Å². The van der Waals surface area contributed by atoms with Crippen LogP contribution in [0, 0.1) is 20.2 Å². The highest BCUT2D eigenvalue weighted by atomic mass is 32.2. The molecule has 0 spiro atoms. The second-order valence-corrected chi connectivity index (χ2v) is 7.34. The van der Waals surface area contributed by atoms with E-state index in [0.29, 0.717) is 10.5 Å². The van der Waals surface area contributed by atoms with Gasteiger partial charge in [-0.1, -0.05) is 0 Å². The summed E-state index contributed by atoms with van der Waals surface area (Å²) in [4.78, 5) is 33.2. The Bertz CT molecular complexity index is 1070. The van der Waals surface area contributed by atoms with Crippen molar-refractivity contribution in [1.29, 1.82) is 0 Å². The van der Waals surface area contributed by atoms with Gasteiger partial charge in [0.25, 0.3) is 17.3 Å². The van der Waals surface area contributed by atoms with Crippen LogP contribution in [-0.4, -0.2) is 31.3 Å². The first-order valence-electron chi connectivity index (χ1n) is 8.48. The van der Waals surface area contributed by atoms with Crippen molar-refractivity contribution in [1.82, 2.24) is 10.2 Å². The summed E-state index contributed by atoms with van der Waals surface area (Å²) in [5, 5.41) is 28.4. The molecule has 12 heteroatoms. The van der Waals surface area contributed by atoms with Crippen molar-refractivity contribution in [3.8, 4) is 11.5 Å². The molecular weight excluding hydrogens is 416 g/mol. The van der Waals surface area contributed by atoms with Crippen LogP contribution in [0.5, 0.6) is 0 Å². The number of thioether (sulfide) groups is 1. The van der Waals surface area contributed by atoms with E-state index in [1.165, 1.54) is 48.2 Å². The molecule has 3 aromatic rings. The maximum absolute atomic E-state index is 12.2. The van der Waals surface area contributed by atoms with E-state index in [4.69, 9.17) is 9.15 Å². The lowest BCUT2D eigenvalue weighted by Gasteiger charge is -2.10. The Kier molecular flexibility index (Phi) is 6.37. The fourth-order valence-corrected chi connectivity index (χ4v) is 3.17. The van der Waals surface area contributed by atoms with E-state index in [1.54, 1.807) is 19.1 Å². The molecule has 1 atom stereocenters. The number of carbonyl (C=O) groups is 1. The minimum Gasteiger partial charge on any atom is -0.455 e. The number of non-ortho nitro benzene ring substituents is 2. The molecule has 0 aliphatic rings. The number of nitro benzene ring substituents is 2. The fraction of sp³-hybridized carbons (Fsp3) is 0.167. The number of hydrogen-bond donors (Lipinski definition) is 0. The topological polar surface area (TPSA) is 152 Å². The van der Waals surface area contributed by atoms with Crippen LogP contribution < -0.4 is 0 Å². The average Bonchev–Trinajstić information content (AvgIpc) is 3.21. The molecule has 1 heterocycles. The van der Waals surface area contributed by atoms with Crippen molar-refractivity contribution in [3.05, 3.63) is 74.7 Å². The molecule has 154 valence electrons. The summed E-state index contributed by atoms with van der Waals surface area (Å²) in [6.45, 7) is 1.41. The maximum atomic E-state index is 12.2. The predicted molar refractivity (Wildman–Crippen MR) is 105 cm³/mol. The highest BCUT2D eigenvalue weighted by Crippen LogP contribution is 2.26.